The third-order valence-corrected chi connectivity index (χ3v) is 6.88. The van der Waals surface area contributed by atoms with Gasteiger partial charge in [0, 0.05) is 44.4 Å². The predicted molar refractivity (Wildman–Crippen MR) is 121 cm³/mol. The zero-order valence-electron chi connectivity index (χ0n) is 18.5. The Morgan fingerprint density at radius 2 is 1.68 bits per heavy atom. The number of carbonyl (C=O) groups excluding carboxylic acids is 2. The third kappa shape index (κ3) is 4.63. The highest BCUT2D eigenvalue weighted by atomic mass is 16.2. The number of aromatic nitrogens is 2. The lowest BCUT2D eigenvalue weighted by Crippen LogP contribution is -2.55. The molecule has 1 amide bonds. The molecular formula is C25H32N4O2. The Morgan fingerprint density at radius 3 is 2.26 bits per heavy atom. The number of hydrogen-bond acceptors (Lipinski definition) is 5. The van der Waals surface area contributed by atoms with Crippen molar-refractivity contribution >= 4 is 17.4 Å². The molecule has 3 heterocycles. The van der Waals surface area contributed by atoms with Crippen LogP contribution in [0.15, 0.2) is 42.7 Å². The first kappa shape index (κ1) is 21.5. The number of likely N-dealkylation sites (tertiary alicyclic amines) is 1. The van der Waals surface area contributed by atoms with Crippen molar-refractivity contribution in [3.8, 4) is 0 Å². The molecule has 0 radical (unpaired) electrons. The fraction of sp³-hybridized carbons (Fsp3) is 0.520. The molecule has 4 rings (SSSR count). The molecule has 1 aromatic carbocycles. The van der Waals surface area contributed by atoms with Crippen LogP contribution in [0.2, 0.25) is 0 Å². The van der Waals surface area contributed by atoms with E-state index in [9.17, 15) is 9.59 Å². The summed E-state index contributed by atoms with van der Waals surface area (Å²) >= 11 is 0. The Labute approximate surface area is 184 Å². The van der Waals surface area contributed by atoms with Crippen molar-refractivity contribution in [2.45, 2.75) is 45.4 Å². The van der Waals surface area contributed by atoms with Crippen LogP contribution in [0.25, 0.3) is 0 Å². The quantitative estimate of drug-likeness (QED) is 0.635. The second-order valence-corrected chi connectivity index (χ2v) is 8.73. The molecule has 31 heavy (non-hydrogen) atoms. The minimum absolute atomic E-state index is 0.0405. The zero-order valence-corrected chi connectivity index (χ0v) is 18.5. The van der Waals surface area contributed by atoms with Crippen LogP contribution >= 0.6 is 0 Å². The summed E-state index contributed by atoms with van der Waals surface area (Å²) < 4.78 is 0. The summed E-state index contributed by atoms with van der Waals surface area (Å²) in [6, 6.07) is 10.7. The largest absolute Gasteiger partial charge is 0.369 e. The summed E-state index contributed by atoms with van der Waals surface area (Å²) in [6.07, 6.45) is 6.69. The van der Waals surface area contributed by atoms with Crippen LogP contribution in [0.3, 0.4) is 0 Å². The van der Waals surface area contributed by atoms with Gasteiger partial charge >= 0.3 is 0 Å². The Hall–Kier alpha value is -2.76. The number of piperidine rings is 1. The minimum Gasteiger partial charge on any atom is -0.369 e. The number of rotatable bonds is 7. The summed E-state index contributed by atoms with van der Waals surface area (Å²) in [4.78, 5) is 37.4. The molecule has 1 aromatic heterocycles. The first-order chi connectivity index (χ1) is 15.1. The van der Waals surface area contributed by atoms with Gasteiger partial charge in [-0.3, -0.25) is 9.59 Å². The first-order valence-electron chi connectivity index (χ1n) is 11.5. The number of benzene rings is 1. The van der Waals surface area contributed by atoms with Crippen molar-refractivity contribution in [1.29, 1.82) is 0 Å². The lowest BCUT2D eigenvalue weighted by molar-refractivity contribution is -0.143. The van der Waals surface area contributed by atoms with Crippen LogP contribution in [0.4, 0.5) is 5.69 Å². The van der Waals surface area contributed by atoms with Gasteiger partial charge in [0.05, 0.1) is 18.1 Å². The number of hydrogen-bond donors (Lipinski definition) is 0. The molecule has 0 saturated carbocycles. The summed E-state index contributed by atoms with van der Waals surface area (Å²) in [5.74, 6) is 1.77. The van der Waals surface area contributed by atoms with Gasteiger partial charge < -0.3 is 9.80 Å². The molecule has 2 aliphatic rings. The molecule has 0 spiro atoms. The number of amides is 1. The molecule has 0 N–H and O–H groups in total. The molecule has 2 saturated heterocycles. The van der Waals surface area contributed by atoms with E-state index in [1.807, 2.05) is 6.92 Å². The Kier molecular flexibility index (Phi) is 6.64. The van der Waals surface area contributed by atoms with Gasteiger partial charge in [-0.2, -0.15) is 0 Å². The third-order valence-electron chi connectivity index (χ3n) is 6.88. The number of anilines is 1. The number of ketones is 1. The normalized spacial score (nSPS) is 18.5. The van der Waals surface area contributed by atoms with E-state index in [1.165, 1.54) is 5.56 Å². The van der Waals surface area contributed by atoms with Crippen molar-refractivity contribution < 1.29 is 9.59 Å². The number of Topliss-reactive ketones (excluding diaryl/α,β-unsaturated/α-hetero) is 1. The van der Waals surface area contributed by atoms with Crippen molar-refractivity contribution in [2.24, 2.45) is 11.8 Å². The maximum Gasteiger partial charge on any atom is 0.225 e. The maximum atomic E-state index is 13.0. The molecule has 1 atom stereocenters. The molecule has 2 aromatic rings. The van der Waals surface area contributed by atoms with E-state index in [0.29, 0.717) is 24.2 Å². The van der Waals surface area contributed by atoms with Crippen LogP contribution in [0.5, 0.6) is 0 Å². The van der Waals surface area contributed by atoms with Crippen LogP contribution in [-0.2, 0) is 4.79 Å². The molecule has 2 fully saturated rings. The van der Waals surface area contributed by atoms with Crippen molar-refractivity contribution in [3.05, 3.63) is 54.1 Å². The maximum absolute atomic E-state index is 13.0. The SMILES string of the molecule is CCC(=O)c1ncc(N2CCC(C(=O)N3CC(C(CC)c4ccccc4)C3)CC2)cn1. The molecule has 0 aliphatic carbocycles. The van der Waals surface area contributed by atoms with E-state index >= 15 is 0 Å². The van der Waals surface area contributed by atoms with Gasteiger partial charge in [0.2, 0.25) is 5.91 Å². The molecule has 2 aliphatic heterocycles. The van der Waals surface area contributed by atoms with Crippen LogP contribution in [0.1, 0.15) is 61.6 Å². The topological polar surface area (TPSA) is 66.4 Å². The average Bonchev–Trinajstić information content (AvgIpc) is 2.81. The number of carbonyl (C=O) groups is 2. The van der Waals surface area contributed by atoms with E-state index in [4.69, 9.17) is 0 Å². The Bertz CT molecular complexity index is 885. The van der Waals surface area contributed by atoms with Crippen molar-refractivity contribution in [2.75, 3.05) is 31.1 Å². The molecule has 0 bridgehead atoms. The summed E-state index contributed by atoms with van der Waals surface area (Å²) in [7, 11) is 0. The molecule has 1 unspecified atom stereocenters. The van der Waals surface area contributed by atoms with E-state index < -0.39 is 0 Å². The van der Waals surface area contributed by atoms with Gasteiger partial charge in [0.15, 0.2) is 11.6 Å². The van der Waals surface area contributed by atoms with E-state index in [-0.39, 0.29) is 17.5 Å². The summed E-state index contributed by atoms with van der Waals surface area (Å²) in [6.45, 7) is 7.46. The van der Waals surface area contributed by atoms with Crippen LogP contribution in [-0.4, -0.2) is 52.7 Å². The second-order valence-electron chi connectivity index (χ2n) is 8.73. The fourth-order valence-electron chi connectivity index (χ4n) is 4.92. The minimum atomic E-state index is -0.0405. The van der Waals surface area contributed by atoms with Gasteiger partial charge in [0.25, 0.3) is 0 Å². The van der Waals surface area contributed by atoms with Crippen molar-refractivity contribution in [1.82, 2.24) is 14.9 Å². The molecule has 6 heteroatoms. The molecule has 6 nitrogen and oxygen atoms in total. The van der Waals surface area contributed by atoms with Gasteiger partial charge in [-0.15, -0.1) is 0 Å². The highest BCUT2D eigenvalue weighted by Gasteiger charge is 2.39. The summed E-state index contributed by atoms with van der Waals surface area (Å²) in [5.41, 5.74) is 2.32. The highest BCUT2D eigenvalue weighted by Crippen LogP contribution is 2.36. The van der Waals surface area contributed by atoms with E-state index in [2.05, 4.69) is 57.0 Å². The molecule has 164 valence electrons. The average molecular weight is 421 g/mol. The van der Waals surface area contributed by atoms with Gasteiger partial charge in [0.1, 0.15) is 0 Å². The fourth-order valence-corrected chi connectivity index (χ4v) is 4.92. The van der Waals surface area contributed by atoms with E-state index in [1.54, 1.807) is 12.4 Å². The molecular weight excluding hydrogens is 388 g/mol. The standard InChI is InChI=1S/C25H32N4O2/c1-3-22(18-8-6-5-7-9-18)20-16-29(17-20)25(31)19-10-12-28(13-11-19)21-14-26-24(27-15-21)23(30)4-2/h5-9,14-15,19-20,22H,3-4,10-13,16-17H2,1-2H3. The smallest absolute Gasteiger partial charge is 0.225 e. The lowest BCUT2D eigenvalue weighted by Gasteiger charge is -2.46. The lowest BCUT2D eigenvalue weighted by atomic mass is 9.78. The second kappa shape index (κ2) is 9.58. The number of nitrogens with zero attached hydrogens (tertiary/aromatic N) is 4. The van der Waals surface area contributed by atoms with Crippen LogP contribution < -0.4 is 4.90 Å². The predicted octanol–water partition coefficient (Wildman–Crippen LogP) is 3.94. The highest BCUT2D eigenvalue weighted by molar-refractivity contribution is 5.92. The first-order valence-corrected chi connectivity index (χ1v) is 11.5. The van der Waals surface area contributed by atoms with Crippen molar-refractivity contribution in [3.63, 3.8) is 0 Å². The summed E-state index contributed by atoms with van der Waals surface area (Å²) in [5, 5.41) is 0. The zero-order chi connectivity index (χ0) is 21.8. The Balaban J connectivity index is 1.27. The Morgan fingerprint density at radius 1 is 1.03 bits per heavy atom. The van der Waals surface area contributed by atoms with E-state index in [0.717, 1.165) is 51.1 Å². The van der Waals surface area contributed by atoms with Gasteiger partial charge in [-0.05, 0) is 30.7 Å². The monoisotopic (exact) mass is 420 g/mol. The van der Waals surface area contributed by atoms with Gasteiger partial charge in [-0.25, -0.2) is 9.97 Å². The van der Waals surface area contributed by atoms with Crippen LogP contribution in [0, 0.1) is 11.8 Å². The van der Waals surface area contributed by atoms with Gasteiger partial charge in [-0.1, -0.05) is 44.2 Å².